The normalized spacial score (nSPS) is 14.8. The van der Waals surface area contributed by atoms with Gasteiger partial charge < -0.3 is 10.0 Å². The summed E-state index contributed by atoms with van der Waals surface area (Å²) >= 11 is 0. The number of hydrogen-bond donors (Lipinski definition) is 1. The van der Waals surface area contributed by atoms with Crippen molar-refractivity contribution in [2.45, 2.75) is 12.8 Å². The van der Waals surface area contributed by atoms with Gasteiger partial charge in [0.25, 0.3) is 0 Å². The van der Waals surface area contributed by atoms with Gasteiger partial charge in [-0.1, -0.05) is 0 Å². The molecule has 0 amide bonds. The second kappa shape index (κ2) is 4.19. The summed E-state index contributed by atoms with van der Waals surface area (Å²) in [5, 5.41) is 17.7. The predicted molar refractivity (Wildman–Crippen MR) is 59.6 cm³/mol. The summed E-state index contributed by atoms with van der Waals surface area (Å²) in [4.78, 5) is 16.1. The number of carboxylic acids is 1. The predicted octanol–water partition coefficient (Wildman–Crippen LogP) is 2.47. The van der Waals surface area contributed by atoms with E-state index in [1.54, 1.807) is 12.1 Å². The van der Waals surface area contributed by atoms with Crippen LogP contribution in [0.4, 0.5) is 11.4 Å². The Bertz CT molecular complexity index is 459. The maximum Gasteiger partial charge on any atom is 0.386 e. The zero-order valence-corrected chi connectivity index (χ0v) is 8.76. The van der Waals surface area contributed by atoms with Gasteiger partial charge in [-0.3, -0.25) is 0 Å². The van der Waals surface area contributed by atoms with Gasteiger partial charge in [0.1, 0.15) is 0 Å². The number of nitrogens with zero attached hydrogens (tertiary/aromatic N) is 3. The van der Waals surface area contributed by atoms with E-state index >= 15 is 0 Å². The summed E-state index contributed by atoms with van der Waals surface area (Å²) in [6, 6.07) is 4.69. The molecule has 1 fully saturated rings. The first-order valence-corrected chi connectivity index (χ1v) is 5.20. The number of carboxylic acid groups (broad SMARTS) is 1. The maximum absolute atomic E-state index is 11.1. The quantitative estimate of drug-likeness (QED) is 0.774. The van der Waals surface area contributed by atoms with E-state index in [1.807, 2.05) is 4.90 Å². The van der Waals surface area contributed by atoms with E-state index < -0.39 is 5.97 Å². The van der Waals surface area contributed by atoms with Crippen molar-refractivity contribution in [3.8, 4) is 0 Å². The third kappa shape index (κ3) is 1.82. The van der Waals surface area contributed by atoms with E-state index in [0.717, 1.165) is 25.9 Å². The van der Waals surface area contributed by atoms with Crippen LogP contribution in [0.5, 0.6) is 0 Å². The first-order valence-electron chi connectivity index (χ1n) is 5.20. The zero-order valence-electron chi connectivity index (χ0n) is 8.76. The third-order valence-corrected chi connectivity index (χ3v) is 2.77. The highest BCUT2D eigenvalue weighted by Crippen LogP contribution is 2.28. The molecule has 5 nitrogen and oxygen atoms in total. The highest BCUT2D eigenvalue weighted by atomic mass is 16.4. The lowest BCUT2D eigenvalue weighted by atomic mass is 10.1. The van der Waals surface area contributed by atoms with Gasteiger partial charge in [0.05, 0.1) is 17.3 Å². The summed E-state index contributed by atoms with van der Waals surface area (Å²) in [5.74, 6) is -0.993. The van der Waals surface area contributed by atoms with Crippen LogP contribution in [-0.4, -0.2) is 24.2 Å². The van der Waals surface area contributed by atoms with Gasteiger partial charge >= 0.3 is 11.7 Å². The van der Waals surface area contributed by atoms with Crippen LogP contribution in [0.1, 0.15) is 23.2 Å². The Morgan fingerprint density at radius 2 is 2.06 bits per heavy atom. The highest BCUT2D eigenvalue weighted by molar-refractivity contribution is 5.95. The van der Waals surface area contributed by atoms with Gasteiger partial charge in [-0.15, -0.1) is 0 Å². The Hall–Kier alpha value is -2.09. The fourth-order valence-corrected chi connectivity index (χ4v) is 1.99. The molecule has 0 saturated carbocycles. The van der Waals surface area contributed by atoms with Crippen LogP contribution in [0.15, 0.2) is 18.2 Å². The van der Waals surface area contributed by atoms with E-state index in [2.05, 4.69) is 4.98 Å². The Morgan fingerprint density at radius 1 is 1.38 bits per heavy atom. The molecular weight excluding hydrogens is 206 g/mol. The molecule has 0 aliphatic carbocycles. The zero-order chi connectivity index (χ0) is 11.5. The number of aromatic carboxylic acids is 1. The van der Waals surface area contributed by atoms with Crippen LogP contribution in [0.3, 0.4) is 0 Å². The van der Waals surface area contributed by atoms with E-state index in [0.29, 0.717) is 5.69 Å². The van der Waals surface area contributed by atoms with Gasteiger partial charge in [-0.05, 0) is 18.9 Å². The molecule has 1 aromatic carbocycles. The molecular formula is C11H12N3O2+. The minimum absolute atomic E-state index is 0.192. The molecule has 1 aliphatic heterocycles. The summed E-state index contributed by atoms with van der Waals surface area (Å²) in [7, 11) is 0. The molecule has 1 N–H and O–H groups in total. The van der Waals surface area contributed by atoms with Gasteiger partial charge in [0.15, 0.2) is 4.98 Å². The minimum Gasteiger partial charge on any atom is -0.478 e. The Kier molecular flexibility index (Phi) is 2.73. The lowest BCUT2D eigenvalue weighted by molar-refractivity contribution is 0.0697. The van der Waals surface area contributed by atoms with Crippen molar-refractivity contribution in [3.63, 3.8) is 0 Å². The van der Waals surface area contributed by atoms with Gasteiger partial charge in [0, 0.05) is 19.2 Å². The van der Waals surface area contributed by atoms with E-state index in [4.69, 9.17) is 10.5 Å². The largest absolute Gasteiger partial charge is 0.478 e. The molecule has 1 aromatic rings. The number of hydrogen-bond acceptors (Lipinski definition) is 3. The molecule has 0 radical (unpaired) electrons. The topological polar surface area (TPSA) is 68.7 Å². The van der Waals surface area contributed by atoms with Crippen LogP contribution in [0.25, 0.3) is 4.98 Å². The molecule has 2 rings (SSSR count). The summed E-state index contributed by atoms with van der Waals surface area (Å²) in [6.45, 7) is 1.77. The summed E-state index contributed by atoms with van der Waals surface area (Å²) in [6.07, 6.45) is 2.18. The van der Waals surface area contributed by atoms with E-state index in [1.165, 1.54) is 6.07 Å². The van der Waals surface area contributed by atoms with Crippen molar-refractivity contribution in [2.75, 3.05) is 18.0 Å². The van der Waals surface area contributed by atoms with Gasteiger partial charge in [-0.25, -0.2) is 4.79 Å². The number of benzene rings is 1. The Morgan fingerprint density at radius 3 is 2.62 bits per heavy atom. The molecule has 0 spiro atoms. The van der Waals surface area contributed by atoms with E-state index in [-0.39, 0.29) is 11.3 Å². The summed E-state index contributed by atoms with van der Waals surface area (Å²) in [5.41, 5.74) is 1.16. The highest BCUT2D eigenvalue weighted by Gasteiger charge is 2.21. The number of carbonyl (C=O) groups is 1. The van der Waals surface area contributed by atoms with Crippen molar-refractivity contribution >= 4 is 17.3 Å². The Balaban J connectivity index is 2.44. The first-order chi connectivity index (χ1) is 7.72. The smallest absolute Gasteiger partial charge is 0.386 e. The molecule has 0 unspecified atom stereocenters. The molecule has 1 saturated heterocycles. The van der Waals surface area contributed by atoms with Crippen molar-refractivity contribution in [1.82, 2.24) is 0 Å². The lowest BCUT2D eigenvalue weighted by Crippen LogP contribution is -2.20. The standard InChI is InChI=1S/C11H11N3O2/c12-13-8-3-4-10(9(7-8)11(15)16)14-5-1-2-6-14/h3-4,7H,1-2,5-6H2/p+1. The van der Waals surface area contributed by atoms with Crippen LogP contribution in [0, 0.1) is 5.39 Å². The number of rotatable bonds is 2. The van der Waals surface area contributed by atoms with Crippen molar-refractivity contribution in [1.29, 1.82) is 5.39 Å². The fourth-order valence-electron chi connectivity index (χ4n) is 1.99. The molecule has 0 atom stereocenters. The van der Waals surface area contributed by atoms with Crippen molar-refractivity contribution in [3.05, 3.63) is 28.7 Å². The molecule has 0 bridgehead atoms. The van der Waals surface area contributed by atoms with Gasteiger partial charge in [0.2, 0.25) is 5.39 Å². The molecule has 82 valence electrons. The molecule has 5 heteroatoms. The average Bonchev–Trinajstić information content (AvgIpc) is 2.81. The second-order valence-corrected chi connectivity index (χ2v) is 3.80. The summed E-state index contributed by atoms with van der Waals surface area (Å²) < 4.78 is 0. The number of diazo groups is 1. The molecule has 1 aliphatic rings. The van der Waals surface area contributed by atoms with Crippen LogP contribution < -0.4 is 4.90 Å². The minimum atomic E-state index is -0.993. The van der Waals surface area contributed by atoms with Gasteiger partial charge in [-0.2, -0.15) is 0 Å². The molecule has 1 heterocycles. The SMILES string of the molecule is N#[N+]c1ccc(N2CCCC2)c(C(=O)O)c1. The average molecular weight is 218 g/mol. The van der Waals surface area contributed by atoms with E-state index in [9.17, 15) is 4.79 Å². The third-order valence-electron chi connectivity index (χ3n) is 2.77. The number of anilines is 1. The fraction of sp³-hybridized carbons (Fsp3) is 0.364. The lowest BCUT2D eigenvalue weighted by Gasteiger charge is -2.18. The maximum atomic E-state index is 11.1. The van der Waals surface area contributed by atoms with Crippen molar-refractivity contribution < 1.29 is 9.90 Å². The van der Waals surface area contributed by atoms with Crippen LogP contribution in [-0.2, 0) is 0 Å². The molecule has 16 heavy (non-hydrogen) atoms. The van der Waals surface area contributed by atoms with Crippen LogP contribution >= 0.6 is 0 Å². The first kappa shape index (κ1) is 10.4. The second-order valence-electron chi connectivity index (χ2n) is 3.80. The monoisotopic (exact) mass is 218 g/mol. The Labute approximate surface area is 92.9 Å². The van der Waals surface area contributed by atoms with Crippen molar-refractivity contribution in [2.24, 2.45) is 0 Å². The molecule has 0 aromatic heterocycles. The van der Waals surface area contributed by atoms with Crippen LogP contribution in [0.2, 0.25) is 0 Å².